The van der Waals surface area contributed by atoms with Crippen LogP contribution in [0.2, 0.25) is 5.02 Å². The molecule has 0 saturated carbocycles. The average molecular weight is 301 g/mol. The Kier molecular flexibility index (Phi) is 4.75. The van der Waals surface area contributed by atoms with Gasteiger partial charge in [-0.25, -0.2) is 4.68 Å². The second-order valence-electron chi connectivity index (χ2n) is 4.31. The average Bonchev–Trinajstić information content (AvgIpc) is 2.52. The second kappa shape index (κ2) is 6.73. The molecule has 1 aromatic carbocycles. The smallest absolute Gasteiger partial charge is 0.287 e. The number of aromatic nitrogens is 2. The molecule has 6 heteroatoms. The maximum atomic E-state index is 11.9. The van der Waals surface area contributed by atoms with Gasteiger partial charge < -0.3 is 5.32 Å². The first-order chi connectivity index (χ1) is 10.2. The number of hydrogen-bond donors (Lipinski definition) is 1. The summed E-state index contributed by atoms with van der Waals surface area (Å²) in [5, 5.41) is 15.9. The van der Waals surface area contributed by atoms with Crippen molar-refractivity contribution in [1.82, 2.24) is 9.78 Å². The number of nitrogens with zero attached hydrogens (tertiary/aromatic N) is 3. The highest BCUT2D eigenvalue weighted by Gasteiger charge is 2.08. The summed E-state index contributed by atoms with van der Waals surface area (Å²) in [6.07, 6.45) is 3.09. The van der Waals surface area contributed by atoms with Crippen LogP contribution >= 0.6 is 11.6 Å². The Hall–Kier alpha value is -2.58. The van der Waals surface area contributed by atoms with Gasteiger partial charge in [0, 0.05) is 6.54 Å². The quantitative estimate of drug-likeness (QED) is 0.862. The molecule has 0 aliphatic rings. The number of rotatable bonds is 5. The minimum absolute atomic E-state index is 0.0977. The number of allylic oxidation sites excluding steroid dienone is 1. The minimum atomic E-state index is -0.360. The molecule has 0 fully saturated rings. The highest BCUT2D eigenvalue weighted by molar-refractivity contribution is 6.32. The summed E-state index contributed by atoms with van der Waals surface area (Å²) in [7, 11) is 0. The van der Waals surface area contributed by atoms with E-state index in [1.165, 1.54) is 10.9 Å². The van der Waals surface area contributed by atoms with Gasteiger partial charge in [0.25, 0.3) is 5.56 Å². The molecule has 0 saturated heterocycles. The molecule has 0 bridgehead atoms. The van der Waals surface area contributed by atoms with Crippen molar-refractivity contribution in [2.75, 3.05) is 5.32 Å². The molecule has 1 aromatic heterocycles. The van der Waals surface area contributed by atoms with E-state index in [1.807, 2.05) is 12.1 Å². The predicted molar refractivity (Wildman–Crippen MR) is 82.2 cm³/mol. The van der Waals surface area contributed by atoms with E-state index in [2.05, 4.69) is 23.1 Å². The van der Waals surface area contributed by atoms with E-state index in [0.29, 0.717) is 24.3 Å². The fourth-order valence-electron chi connectivity index (χ4n) is 1.74. The number of benzene rings is 1. The summed E-state index contributed by atoms with van der Waals surface area (Å²) >= 11 is 6.03. The largest absolute Gasteiger partial charge is 0.378 e. The summed E-state index contributed by atoms with van der Waals surface area (Å²) in [6, 6.07) is 9.21. The highest BCUT2D eigenvalue weighted by Crippen LogP contribution is 2.16. The van der Waals surface area contributed by atoms with E-state index in [1.54, 1.807) is 18.2 Å². The van der Waals surface area contributed by atoms with E-state index in [4.69, 9.17) is 16.9 Å². The SMILES string of the molecule is C=CCn1ncc(NCc2ccc(C#N)cc2)c(Cl)c1=O. The van der Waals surface area contributed by atoms with E-state index >= 15 is 0 Å². The van der Waals surface area contributed by atoms with Crippen LogP contribution < -0.4 is 10.9 Å². The van der Waals surface area contributed by atoms with Crippen molar-refractivity contribution < 1.29 is 0 Å². The van der Waals surface area contributed by atoms with Crippen molar-refractivity contribution in [3.63, 3.8) is 0 Å². The Balaban J connectivity index is 2.13. The number of halogens is 1. The van der Waals surface area contributed by atoms with Gasteiger partial charge in [-0.1, -0.05) is 29.8 Å². The Morgan fingerprint density at radius 3 is 2.76 bits per heavy atom. The summed E-state index contributed by atoms with van der Waals surface area (Å²) < 4.78 is 1.24. The zero-order chi connectivity index (χ0) is 15.2. The van der Waals surface area contributed by atoms with Crippen molar-refractivity contribution in [2.24, 2.45) is 0 Å². The maximum Gasteiger partial charge on any atom is 0.287 e. The van der Waals surface area contributed by atoms with Crippen molar-refractivity contribution in [2.45, 2.75) is 13.1 Å². The van der Waals surface area contributed by atoms with Crippen molar-refractivity contribution in [3.8, 4) is 6.07 Å². The molecule has 5 nitrogen and oxygen atoms in total. The zero-order valence-corrected chi connectivity index (χ0v) is 12.0. The Labute approximate surface area is 127 Å². The summed E-state index contributed by atoms with van der Waals surface area (Å²) in [5.74, 6) is 0. The van der Waals surface area contributed by atoms with Crippen molar-refractivity contribution in [1.29, 1.82) is 5.26 Å². The molecule has 106 valence electrons. The van der Waals surface area contributed by atoms with E-state index < -0.39 is 0 Å². The number of hydrogen-bond acceptors (Lipinski definition) is 4. The first-order valence-corrected chi connectivity index (χ1v) is 6.63. The standard InChI is InChI=1S/C15H13ClN4O/c1-2-7-20-15(21)14(16)13(10-19-20)18-9-12-5-3-11(8-17)4-6-12/h2-6,10,18H,1,7,9H2. The van der Waals surface area contributed by atoms with Crippen molar-refractivity contribution in [3.05, 3.63) is 69.6 Å². The fourth-order valence-corrected chi connectivity index (χ4v) is 1.95. The number of anilines is 1. The summed E-state index contributed by atoms with van der Waals surface area (Å²) in [6.45, 7) is 4.36. The summed E-state index contributed by atoms with van der Waals surface area (Å²) in [5.41, 5.74) is 1.69. The third kappa shape index (κ3) is 3.50. The van der Waals surface area contributed by atoms with Crippen LogP contribution in [0.5, 0.6) is 0 Å². The van der Waals surface area contributed by atoms with Crippen LogP contribution in [0.4, 0.5) is 5.69 Å². The lowest BCUT2D eigenvalue weighted by atomic mass is 10.1. The van der Waals surface area contributed by atoms with Gasteiger partial charge in [-0.05, 0) is 17.7 Å². The van der Waals surface area contributed by atoms with Gasteiger partial charge in [-0.15, -0.1) is 6.58 Å². The topological polar surface area (TPSA) is 70.7 Å². The van der Waals surface area contributed by atoms with Crippen LogP contribution in [-0.2, 0) is 13.1 Å². The van der Waals surface area contributed by atoms with Crippen LogP contribution in [-0.4, -0.2) is 9.78 Å². The molecule has 0 spiro atoms. The fraction of sp³-hybridized carbons (Fsp3) is 0.133. The van der Waals surface area contributed by atoms with Gasteiger partial charge >= 0.3 is 0 Å². The van der Waals surface area contributed by atoms with Crippen LogP contribution in [0.1, 0.15) is 11.1 Å². The van der Waals surface area contributed by atoms with E-state index in [9.17, 15) is 4.79 Å². The molecule has 2 rings (SSSR count). The molecule has 0 aliphatic heterocycles. The molecule has 0 radical (unpaired) electrons. The first kappa shape index (κ1) is 14.8. The molecule has 0 atom stereocenters. The molecular weight excluding hydrogens is 288 g/mol. The molecular formula is C15H13ClN4O. The van der Waals surface area contributed by atoms with Gasteiger partial charge in [0.05, 0.1) is 30.1 Å². The second-order valence-corrected chi connectivity index (χ2v) is 4.69. The van der Waals surface area contributed by atoms with Crippen LogP contribution in [0.15, 0.2) is 47.9 Å². The highest BCUT2D eigenvalue weighted by atomic mass is 35.5. The minimum Gasteiger partial charge on any atom is -0.378 e. The third-order valence-corrected chi connectivity index (χ3v) is 3.22. The molecule has 2 aromatic rings. The lowest BCUT2D eigenvalue weighted by Gasteiger charge is -2.09. The Morgan fingerprint density at radius 2 is 2.14 bits per heavy atom. The number of nitriles is 1. The van der Waals surface area contributed by atoms with E-state index in [-0.39, 0.29) is 10.6 Å². The lowest BCUT2D eigenvalue weighted by Crippen LogP contribution is -2.23. The first-order valence-electron chi connectivity index (χ1n) is 6.25. The molecule has 1 heterocycles. The molecule has 0 unspecified atom stereocenters. The van der Waals surface area contributed by atoms with Crippen molar-refractivity contribution >= 4 is 17.3 Å². The van der Waals surface area contributed by atoms with Crippen LogP contribution in [0.3, 0.4) is 0 Å². The normalized spacial score (nSPS) is 9.90. The zero-order valence-electron chi connectivity index (χ0n) is 11.2. The van der Waals surface area contributed by atoms with Crippen LogP contribution in [0, 0.1) is 11.3 Å². The number of nitrogens with one attached hydrogen (secondary N) is 1. The van der Waals surface area contributed by atoms with Gasteiger partial charge in [0.1, 0.15) is 5.02 Å². The molecule has 21 heavy (non-hydrogen) atoms. The Morgan fingerprint density at radius 1 is 1.43 bits per heavy atom. The monoisotopic (exact) mass is 300 g/mol. The third-order valence-electron chi connectivity index (χ3n) is 2.85. The van der Waals surface area contributed by atoms with Gasteiger partial charge in [0.15, 0.2) is 0 Å². The van der Waals surface area contributed by atoms with Gasteiger partial charge in [-0.2, -0.15) is 10.4 Å². The van der Waals surface area contributed by atoms with Gasteiger partial charge in [0.2, 0.25) is 0 Å². The lowest BCUT2D eigenvalue weighted by molar-refractivity contribution is 0.653. The van der Waals surface area contributed by atoms with E-state index in [0.717, 1.165) is 5.56 Å². The molecule has 0 aliphatic carbocycles. The summed E-state index contributed by atoms with van der Waals surface area (Å²) in [4.78, 5) is 11.9. The Bertz CT molecular complexity index is 744. The molecule has 0 amide bonds. The van der Waals surface area contributed by atoms with Gasteiger partial charge in [-0.3, -0.25) is 4.79 Å². The predicted octanol–water partition coefficient (Wildman–Crippen LogP) is 2.57. The maximum absolute atomic E-state index is 11.9. The van der Waals surface area contributed by atoms with Crippen LogP contribution in [0.25, 0.3) is 0 Å². The molecule has 1 N–H and O–H groups in total.